The van der Waals surface area contributed by atoms with Crippen molar-refractivity contribution in [3.05, 3.63) is 12.2 Å². The van der Waals surface area contributed by atoms with Crippen molar-refractivity contribution in [3.63, 3.8) is 0 Å². The lowest BCUT2D eigenvalue weighted by Gasteiger charge is -2.18. The highest BCUT2D eigenvalue weighted by Gasteiger charge is 2.19. The highest BCUT2D eigenvalue weighted by atomic mass is 16.6. The van der Waals surface area contributed by atoms with E-state index in [9.17, 15) is 14.4 Å². The second kappa shape index (κ2) is 49.8. The summed E-state index contributed by atoms with van der Waals surface area (Å²) in [6.45, 7) is 6.66. The summed E-state index contributed by atoms with van der Waals surface area (Å²) in [5.41, 5.74) is 0. The highest BCUT2D eigenvalue weighted by Crippen LogP contribution is 2.16. The minimum Gasteiger partial charge on any atom is -0.462 e. The predicted octanol–water partition coefficient (Wildman–Crippen LogP) is 17.4. The number of esters is 3. The molecule has 354 valence electrons. The number of hydrogen-bond acceptors (Lipinski definition) is 6. The molecule has 0 heterocycles. The molecule has 0 spiro atoms. The molecule has 0 aromatic carbocycles. The van der Waals surface area contributed by atoms with E-state index in [0.717, 1.165) is 70.6 Å². The smallest absolute Gasteiger partial charge is 0.306 e. The van der Waals surface area contributed by atoms with E-state index in [1.807, 2.05) is 0 Å². The molecular weight excluding hydrogens is 745 g/mol. The van der Waals surface area contributed by atoms with Crippen molar-refractivity contribution in [3.8, 4) is 0 Å². The number of hydrogen-bond donors (Lipinski definition) is 0. The number of rotatable bonds is 49. The zero-order valence-corrected chi connectivity index (χ0v) is 40.5. The van der Waals surface area contributed by atoms with Gasteiger partial charge >= 0.3 is 17.9 Å². The first-order valence-electron chi connectivity index (χ1n) is 26.7. The van der Waals surface area contributed by atoms with Crippen LogP contribution in [0.25, 0.3) is 0 Å². The number of unbranched alkanes of at least 4 members (excludes halogenated alkanes) is 36. The molecule has 1 unspecified atom stereocenters. The lowest BCUT2D eigenvalue weighted by molar-refractivity contribution is -0.167. The molecule has 0 fully saturated rings. The van der Waals surface area contributed by atoms with E-state index in [2.05, 4.69) is 32.9 Å². The summed E-state index contributed by atoms with van der Waals surface area (Å²) in [7, 11) is 0. The third-order valence-electron chi connectivity index (χ3n) is 12.0. The van der Waals surface area contributed by atoms with Gasteiger partial charge in [0, 0.05) is 19.3 Å². The van der Waals surface area contributed by atoms with Crippen LogP contribution in [0.15, 0.2) is 12.2 Å². The summed E-state index contributed by atoms with van der Waals surface area (Å²) < 4.78 is 16.8. The molecule has 1 atom stereocenters. The molecule has 0 saturated carbocycles. The molecule has 0 aromatic rings. The van der Waals surface area contributed by atoms with E-state index in [1.165, 1.54) is 186 Å². The first kappa shape index (κ1) is 58.1. The van der Waals surface area contributed by atoms with Crippen LogP contribution in [-0.4, -0.2) is 37.2 Å². The van der Waals surface area contributed by atoms with Gasteiger partial charge in [-0.25, -0.2) is 0 Å². The normalized spacial score (nSPS) is 12.0. The van der Waals surface area contributed by atoms with Gasteiger partial charge in [-0.3, -0.25) is 14.4 Å². The number of allylic oxidation sites excluding steroid dienone is 2. The van der Waals surface area contributed by atoms with Crippen molar-refractivity contribution in [1.29, 1.82) is 0 Å². The van der Waals surface area contributed by atoms with Gasteiger partial charge in [-0.15, -0.1) is 0 Å². The molecular formula is C54H102O6. The van der Waals surface area contributed by atoms with Gasteiger partial charge in [0.1, 0.15) is 13.2 Å². The average molecular weight is 847 g/mol. The first-order chi connectivity index (χ1) is 29.5. The molecule has 0 aliphatic carbocycles. The Kier molecular flexibility index (Phi) is 48.3. The van der Waals surface area contributed by atoms with Gasteiger partial charge in [0.15, 0.2) is 6.10 Å². The Bertz CT molecular complexity index is 931. The van der Waals surface area contributed by atoms with Gasteiger partial charge in [0.25, 0.3) is 0 Å². The molecule has 0 rings (SSSR count). The van der Waals surface area contributed by atoms with Crippen LogP contribution in [0.2, 0.25) is 0 Å². The van der Waals surface area contributed by atoms with Crippen molar-refractivity contribution in [2.24, 2.45) is 0 Å². The Morgan fingerprint density at radius 2 is 0.550 bits per heavy atom. The van der Waals surface area contributed by atoms with Crippen LogP contribution in [0, 0.1) is 0 Å². The monoisotopic (exact) mass is 847 g/mol. The van der Waals surface area contributed by atoms with E-state index in [4.69, 9.17) is 14.2 Å². The van der Waals surface area contributed by atoms with Crippen LogP contribution in [0.4, 0.5) is 0 Å². The zero-order valence-electron chi connectivity index (χ0n) is 40.5. The minimum atomic E-state index is -0.771. The maximum atomic E-state index is 12.8. The first-order valence-corrected chi connectivity index (χ1v) is 26.7. The van der Waals surface area contributed by atoms with E-state index >= 15 is 0 Å². The number of carbonyl (C=O) groups excluding carboxylic acids is 3. The molecule has 6 nitrogen and oxygen atoms in total. The molecule has 6 heteroatoms. The molecule has 0 aliphatic rings. The fourth-order valence-electron chi connectivity index (χ4n) is 7.97. The van der Waals surface area contributed by atoms with Gasteiger partial charge in [-0.05, 0) is 44.9 Å². The van der Waals surface area contributed by atoms with Gasteiger partial charge in [0.2, 0.25) is 0 Å². The Hall–Kier alpha value is -1.85. The SMILES string of the molecule is CCCCCCCC/C=C\CCCCCC(=O)OC(COC(=O)CCCCCCCCCCCCCCC)COC(=O)CCCCCCCCCCCCCCCCCC. The van der Waals surface area contributed by atoms with E-state index in [0.29, 0.717) is 19.3 Å². The van der Waals surface area contributed by atoms with Crippen LogP contribution < -0.4 is 0 Å². The summed E-state index contributed by atoms with van der Waals surface area (Å²) in [6, 6.07) is 0. The lowest BCUT2D eigenvalue weighted by Crippen LogP contribution is -2.30. The minimum absolute atomic E-state index is 0.0706. The Balaban J connectivity index is 4.32. The Morgan fingerprint density at radius 1 is 0.317 bits per heavy atom. The van der Waals surface area contributed by atoms with Crippen LogP contribution in [0.1, 0.15) is 297 Å². The molecule has 0 aromatic heterocycles. The van der Waals surface area contributed by atoms with Gasteiger partial charge in [-0.1, -0.05) is 245 Å². The van der Waals surface area contributed by atoms with E-state index < -0.39 is 6.10 Å². The molecule has 0 bridgehead atoms. The van der Waals surface area contributed by atoms with Crippen molar-refractivity contribution >= 4 is 17.9 Å². The van der Waals surface area contributed by atoms with Gasteiger partial charge in [-0.2, -0.15) is 0 Å². The summed E-state index contributed by atoms with van der Waals surface area (Å²) in [4.78, 5) is 38.0. The van der Waals surface area contributed by atoms with Crippen molar-refractivity contribution in [1.82, 2.24) is 0 Å². The topological polar surface area (TPSA) is 78.9 Å². The average Bonchev–Trinajstić information content (AvgIpc) is 3.24. The molecule has 0 amide bonds. The second-order valence-electron chi connectivity index (χ2n) is 18.2. The van der Waals surface area contributed by atoms with Crippen LogP contribution in [-0.2, 0) is 28.6 Å². The fraction of sp³-hybridized carbons (Fsp3) is 0.907. The zero-order chi connectivity index (χ0) is 43.7. The second-order valence-corrected chi connectivity index (χ2v) is 18.2. The molecule has 0 aliphatic heterocycles. The van der Waals surface area contributed by atoms with E-state index in [-0.39, 0.29) is 31.1 Å². The predicted molar refractivity (Wildman–Crippen MR) is 256 cm³/mol. The maximum absolute atomic E-state index is 12.8. The van der Waals surface area contributed by atoms with Crippen LogP contribution in [0.5, 0.6) is 0 Å². The molecule has 0 N–H and O–H groups in total. The van der Waals surface area contributed by atoms with Gasteiger partial charge in [0.05, 0.1) is 0 Å². The third-order valence-corrected chi connectivity index (χ3v) is 12.0. The fourth-order valence-corrected chi connectivity index (χ4v) is 7.97. The van der Waals surface area contributed by atoms with Crippen LogP contribution >= 0.6 is 0 Å². The van der Waals surface area contributed by atoms with Gasteiger partial charge < -0.3 is 14.2 Å². The summed E-state index contributed by atoms with van der Waals surface area (Å²) in [5, 5.41) is 0. The Morgan fingerprint density at radius 3 is 0.850 bits per heavy atom. The number of carbonyl (C=O) groups is 3. The Labute approximate surface area is 373 Å². The van der Waals surface area contributed by atoms with Crippen LogP contribution in [0.3, 0.4) is 0 Å². The van der Waals surface area contributed by atoms with Crippen molar-refractivity contribution in [2.75, 3.05) is 13.2 Å². The molecule has 0 saturated heterocycles. The summed E-state index contributed by atoms with van der Waals surface area (Å²) in [5.74, 6) is -0.868. The largest absolute Gasteiger partial charge is 0.462 e. The number of ether oxygens (including phenoxy) is 3. The maximum Gasteiger partial charge on any atom is 0.306 e. The molecule has 0 radical (unpaired) electrons. The molecule has 60 heavy (non-hydrogen) atoms. The summed E-state index contributed by atoms with van der Waals surface area (Å²) in [6.07, 6.45) is 54.8. The van der Waals surface area contributed by atoms with Crippen molar-refractivity contribution in [2.45, 2.75) is 303 Å². The third kappa shape index (κ3) is 47.2. The van der Waals surface area contributed by atoms with Crippen molar-refractivity contribution < 1.29 is 28.6 Å². The lowest BCUT2D eigenvalue weighted by atomic mass is 10.0. The standard InChI is InChI=1S/C54H102O6/c1-4-7-10-13-16-19-22-25-26-27-30-32-35-38-41-44-47-53(56)59-50-51(60-54(57)48-45-42-39-36-33-29-24-21-18-15-12-9-6-3)49-58-52(55)46-43-40-37-34-31-28-23-20-17-14-11-8-5-2/h29,33,51H,4-28,30-32,34-50H2,1-3H3/b33-29-. The summed E-state index contributed by atoms with van der Waals surface area (Å²) >= 11 is 0. The highest BCUT2D eigenvalue weighted by molar-refractivity contribution is 5.71. The van der Waals surface area contributed by atoms with E-state index in [1.54, 1.807) is 0 Å². The quantitative estimate of drug-likeness (QED) is 0.0263.